The predicted molar refractivity (Wildman–Crippen MR) is 92.5 cm³/mol. The first kappa shape index (κ1) is 19.1. The van der Waals surface area contributed by atoms with Crippen LogP contribution >= 0.6 is 0 Å². The maximum absolute atomic E-state index is 5.91. The molecule has 4 heteroatoms. The largest absolute Gasteiger partial charge is 0.494 e. The van der Waals surface area contributed by atoms with Gasteiger partial charge in [-0.15, -0.1) is 0 Å². The molecule has 1 aromatic rings. The van der Waals surface area contributed by atoms with Gasteiger partial charge in [-0.25, -0.2) is 0 Å². The molecule has 2 aliphatic heterocycles. The molecule has 0 saturated carbocycles. The molecule has 1 N–H and O–H groups in total. The van der Waals surface area contributed by atoms with E-state index in [-0.39, 0.29) is 37.7 Å². The number of anilines is 1. The number of nitrogens with one attached hydrogen (secondary N) is 1. The van der Waals surface area contributed by atoms with Crippen LogP contribution in [0.1, 0.15) is 44.1 Å². The van der Waals surface area contributed by atoms with Crippen LogP contribution in [0.5, 0.6) is 5.75 Å². The molecule has 0 bridgehead atoms. The number of unbranched alkanes of at least 4 members (excludes halogenated alkanes) is 1. The fourth-order valence-electron chi connectivity index (χ4n) is 3.33. The Morgan fingerprint density at radius 3 is 2.74 bits per heavy atom. The second kappa shape index (κ2) is 9.93. The van der Waals surface area contributed by atoms with Crippen molar-refractivity contribution in [3.8, 4) is 5.75 Å². The molecule has 128 valence electrons. The second-order valence-electron chi connectivity index (χ2n) is 6.51. The Balaban J connectivity index is 0.00000192. The molecule has 3 rings (SSSR count). The van der Waals surface area contributed by atoms with E-state index >= 15 is 0 Å². The van der Waals surface area contributed by atoms with Crippen LogP contribution in [0.3, 0.4) is 0 Å². The summed E-state index contributed by atoms with van der Waals surface area (Å²) in [7, 11) is 0. The Morgan fingerprint density at radius 1 is 1.09 bits per heavy atom. The molecule has 2 aliphatic rings. The Kier molecular flexibility index (Phi) is 8.25. The zero-order chi connectivity index (χ0) is 15.2. The summed E-state index contributed by atoms with van der Waals surface area (Å²) < 4.78 is 5.91. The maximum atomic E-state index is 5.91. The number of allylic oxidation sites excluding steroid dienone is 1. The third-order valence-corrected chi connectivity index (χ3v) is 4.67. The molecule has 0 aliphatic carbocycles. The zero-order valence-electron chi connectivity index (χ0n) is 13.9. The molecule has 0 aromatic heterocycles. The third kappa shape index (κ3) is 5.97. The fraction of sp³-hybridized carbons (Fsp3) is 0.579. The minimum atomic E-state index is 0. The van der Waals surface area contributed by atoms with Gasteiger partial charge in [0, 0.05) is 55.2 Å². The van der Waals surface area contributed by atoms with Crippen molar-refractivity contribution in [3.05, 3.63) is 36.0 Å². The third-order valence-electron chi connectivity index (χ3n) is 4.67. The van der Waals surface area contributed by atoms with Crippen molar-refractivity contribution < 1.29 is 42.5 Å². The van der Waals surface area contributed by atoms with Gasteiger partial charge >= 0.3 is 0 Å². The number of hydrogen-bond donors (Lipinski definition) is 1. The van der Waals surface area contributed by atoms with E-state index in [1.54, 1.807) is 0 Å². The summed E-state index contributed by atoms with van der Waals surface area (Å²) in [5.41, 5.74) is 3.64. The van der Waals surface area contributed by atoms with Gasteiger partial charge in [0.1, 0.15) is 5.75 Å². The normalized spacial score (nSPS) is 17.8. The molecule has 1 fully saturated rings. The predicted octanol–water partition coefficient (Wildman–Crippen LogP) is 4.20. The van der Waals surface area contributed by atoms with Crippen molar-refractivity contribution in [2.24, 2.45) is 0 Å². The second-order valence-corrected chi connectivity index (χ2v) is 6.51. The molecule has 1 saturated heterocycles. The van der Waals surface area contributed by atoms with Gasteiger partial charge in [-0.2, -0.15) is 0 Å². The van der Waals surface area contributed by atoms with Gasteiger partial charge in [-0.1, -0.05) is 19.1 Å². The first-order chi connectivity index (χ1) is 10.8. The van der Waals surface area contributed by atoms with E-state index in [2.05, 4.69) is 35.0 Å². The number of piperidine rings is 1. The minimum Gasteiger partial charge on any atom is -0.494 e. The van der Waals surface area contributed by atoms with Crippen LogP contribution in [-0.4, -0.2) is 31.1 Å². The summed E-state index contributed by atoms with van der Waals surface area (Å²) in [4.78, 5) is 2.60. The number of benzene rings is 1. The first-order valence-corrected chi connectivity index (χ1v) is 8.74. The van der Waals surface area contributed by atoms with E-state index < -0.39 is 0 Å². The van der Waals surface area contributed by atoms with Gasteiger partial charge in [-0.3, -0.25) is 0 Å². The van der Waals surface area contributed by atoms with Gasteiger partial charge in [0.15, 0.2) is 0 Å². The molecular formula is C19H28ArN2O. The van der Waals surface area contributed by atoms with Crippen LogP contribution in [0.2, 0.25) is 0 Å². The van der Waals surface area contributed by atoms with E-state index in [0.717, 1.165) is 37.3 Å². The number of aryl methyl sites for hydroxylation is 1. The van der Waals surface area contributed by atoms with Crippen LogP contribution in [0, 0.1) is 37.7 Å². The van der Waals surface area contributed by atoms with E-state index in [0.29, 0.717) is 0 Å². The van der Waals surface area contributed by atoms with Crippen molar-refractivity contribution in [1.82, 2.24) is 4.90 Å². The molecule has 1 aromatic carbocycles. The smallest absolute Gasteiger partial charge is 0.121 e. The van der Waals surface area contributed by atoms with E-state index in [4.69, 9.17) is 4.74 Å². The monoisotopic (exact) mass is 340 g/mol. The van der Waals surface area contributed by atoms with Gasteiger partial charge in [0.25, 0.3) is 0 Å². The van der Waals surface area contributed by atoms with Crippen LogP contribution in [0.4, 0.5) is 5.69 Å². The molecule has 0 amide bonds. The molecule has 0 unspecified atom stereocenters. The Morgan fingerprint density at radius 2 is 1.91 bits per heavy atom. The van der Waals surface area contributed by atoms with Crippen molar-refractivity contribution in [1.29, 1.82) is 0 Å². The average molecular weight is 340 g/mol. The number of rotatable bonds is 6. The number of ether oxygens (including phenoxy) is 1. The topological polar surface area (TPSA) is 24.5 Å². The van der Waals surface area contributed by atoms with Gasteiger partial charge in [-0.05, 0) is 69.8 Å². The molecule has 2 heterocycles. The zero-order valence-corrected chi connectivity index (χ0v) is 14.6. The van der Waals surface area contributed by atoms with Crippen molar-refractivity contribution in [2.75, 3.05) is 31.6 Å². The molecular weight excluding hydrogens is 312 g/mol. The van der Waals surface area contributed by atoms with Crippen molar-refractivity contribution in [3.63, 3.8) is 0 Å². The minimum absolute atomic E-state index is 0. The van der Waals surface area contributed by atoms with Crippen LogP contribution in [0.15, 0.2) is 30.5 Å². The van der Waals surface area contributed by atoms with E-state index in [1.165, 1.54) is 56.6 Å². The number of fused-ring (bicyclic) bond motifs is 1. The SMILES string of the molecule is C=C1CCc2ccc(OCCCCN3CCCCC3)cc2N1.[Ar]. The molecule has 0 atom stereocenters. The average Bonchev–Trinajstić information content (AvgIpc) is 2.55. The van der Waals surface area contributed by atoms with Crippen LogP contribution in [0.25, 0.3) is 0 Å². The maximum Gasteiger partial charge on any atom is 0.121 e. The Hall–Kier alpha value is -0.220. The van der Waals surface area contributed by atoms with Crippen LogP contribution < -0.4 is 10.1 Å². The first-order valence-electron chi connectivity index (χ1n) is 8.74. The Labute approximate surface area is 170 Å². The number of likely N-dealkylation sites (tertiary alicyclic amines) is 1. The summed E-state index contributed by atoms with van der Waals surface area (Å²) >= 11 is 0. The summed E-state index contributed by atoms with van der Waals surface area (Å²) in [5.74, 6) is 0.971. The Bertz CT molecular complexity index is 512. The summed E-state index contributed by atoms with van der Waals surface area (Å²) in [6.07, 6.45) is 8.65. The van der Waals surface area contributed by atoms with Gasteiger partial charge in [0.2, 0.25) is 0 Å². The molecule has 3 nitrogen and oxygen atoms in total. The standard InChI is InChI=1S/C19H28N2O.Ar/c1-16-7-8-17-9-10-18(15-19(17)20-16)22-14-6-5-13-21-11-3-2-4-12-21;/h9-10,15,20H,1-8,11-14H2;. The summed E-state index contributed by atoms with van der Waals surface area (Å²) in [5, 5.41) is 3.36. The summed E-state index contributed by atoms with van der Waals surface area (Å²) in [6.45, 7) is 8.65. The van der Waals surface area contributed by atoms with Crippen molar-refractivity contribution in [2.45, 2.75) is 44.9 Å². The molecule has 23 heavy (non-hydrogen) atoms. The quantitative estimate of drug-likeness (QED) is 0.786. The van der Waals surface area contributed by atoms with Crippen LogP contribution in [-0.2, 0) is 6.42 Å². The fourth-order valence-corrected chi connectivity index (χ4v) is 3.33. The van der Waals surface area contributed by atoms with E-state index in [1.807, 2.05) is 0 Å². The van der Waals surface area contributed by atoms with Crippen molar-refractivity contribution >= 4 is 5.69 Å². The molecule has 0 radical (unpaired) electrons. The molecule has 0 spiro atoms. The summed E-state index contributed by atoms with van der Waals surface area (Å²) in [6, 6.07) is 6.39. The number of nitrogens with zero attached hydrogens (tertiary/aromatic N) is 1. The van der Waals surface area contributed by atoms with Gasteiger partial charge < -0.3 is 15.0 Å². The van der Waals surface area contributed by atoms with Gasteiger partial charge in [0.05, 0.1) is 6.61 Å². The van der Waals surface area contributed by atoms with E-state index in [9.17, 15) is 0 Å². The number of hydrogen-bond acceptors (Lipinski definition) is 3.